The van der Waals surface area contributed by atoms with E-state index in [1.807, 2.05) is 53.8 Å². The first-order valence-electron chi connectivity index (χ1n) is 16.8. The summed E-state index contributed by atoms with van der Waals surface area (Å²) in [4.78, 5) is 4.22. The van der Waals surface area contributed by atoms with Crippen LogP contribution in [0.2, 0.25) is 0 Å². The van der Waals surface area contributed by atoms with Gasteiger partial charge >= 0.3 is 20.1 Å². The van der Waals surface area contributed by atoms with Gasteiger partial charge in [-0.1, -0.05) is 80.8 Å². The predicted molar refractivity (Wildman–Crippen MR) is 209 cm³/mol. The molecule has 0 radical (unpaired) electrons. The average Bonchev–Trinajstić information content (AvgIpc) is 3.79. The monoisotopic (exact) mass is 838 g/mol. The van der Waals surface area contributed by atoms with Crippen LogP contribution in [0.25, 0.3) is 80.7 Å². The molecule has 4 heterocycles. The van der Waals surface area contributed by atoms with Crippen LogP contribution in [0.3, 0.4) is 0 Å². The van der Waals surface area contributed by atoms with Crippen LogP contribution in [0.1, 0.15) is 26.3 Å². The molecule has 0 spiro atoms. The molecule has 0 aliphatic carbocycles. The molecule has 0 atom stereocenters. The SMILES string of the molecule is CC(C)(C)Cc1cc[c-]c(-c2[c-]cc3c(c2)c2cccc4c5c6sc7ccccc7c6ccc5n3c24)c1.[Ir+3].[c-]1ccccc1-c1ccccn1. The van der Waals surface area contributed by atoms with Crippen molar-refractivity contribution >= 4 is 69.6 Å². The number of benzene rings is 6. The molecule has 242 valence electrons. The van der Waals surface area contributed by atoms with Crippen molar-refractivity contribution in [3.05, 3.63) is 157 Å². The van der Waals surface area contributed by atoms with Crippen molar-refractivity contribution in [3.8, 4) is 22.4 Å². The standard InChI is InChI=1S/C35H25NS.C11H8N.Ir/c1-35(2,3)20-21-8-6-9-22(18-21)23-14-16-29-28(19-23)25-11-7-12-27-32-30(36(29)33(25)27)17-15-26-24-10-4-5-13-31(24)37-34(26)32;1-2-6-10(7-3-1)11-8-4-5-9-12-11;/h4-8,10-13,15-19H,20H2,1-3H3;1-6,8-9H;/q-2;-1;+3. The van der Waals surface area contributed by atoms with Crippen LogP contribution in [0.4, 0.5) is 0 Å². The van der Waals surface area contributed by atoms with E-state index in [0.717, 1.165) is 28.8 Å². The van der Waals surface area contributed by atoms with Crippen molar-refractivity contribution in [2.45, 2.75) is 27.2 Å². The Labute approximate surface area is 309 Å². The quantitative estimate of drug-likeness (QED) is 0.162. The van der Waals surface area contributed by atoms with E-state index in [1.165, 1.54) is 63.8 Å². The van der Waals surface area contributed by atoms with Gasteiger partial charge in [0.25, 0.3) is 0 Å². The molecule has 0 aliphatic rings. The maximum atomic E-state index is 4.22. The van der Waals surface area contributed by atoms with E-state index in [1.54, 1.807) is 6.20 Å². The van der Waals surface area contributed by atoms with Crippen molar-refractivity contribution in [2.24, 2.45) is 5.41 Å². The molecule has 4 aromatic heterocycles. The minimum absolute atomic E-state index is 0. The molecular formula is C46H33IrN2S. The Hall–Kier alpha value is -4.86. The molecule has 0 aliphatic heterocycles. The molecule has 10 aromatic rings. The van der Waals surface area contributed by atoms with Crippen molar-refractivity contribution in [1.29, 1.82) is 0 Å². The topological polar surface area (TPSA) is 17.3 Å². The van der Waals surface area contributed by atoms with Crippen molar-refractivity contribution in [1.82, 2.24) is 9.38 Å². The van der Waals surface area contributed by atoms with Crippen LogP contribution >= 0.6 is 11.3 Å². The Balaban J connectivity index is 0.000000236. The van der Waals surface area contributed by atoms with Crippen LogP contribution in [0.15, 0.2) is 134 Å². The largest absolute Gasteiger partial charge is 3.00 e. The molecule has 0 unspecified atom stereocenters. The molecular weight excluding hydrogens is 805 g/mol. The van der Waals surface area contributed by atoms with Crippen LogP contribution in [-0.4, -0.2) is 9.38 Å². The summed E-state index contributed by atoms with van der Waals surface area (Å²) in [5, 5.41) is 7.99. The maximum Gasteiger partial charge on any atom is 3.00 e. The third kappa shape index (κ3) is 5.58. The minimum Gasteiger partial charge on any atom is -0.350 e. The molecule has 0 fully saturated rings. The van der Waals surface area contributed by atoms with Gasteiger partial charge in [0.1, 0.15) is 0 Å². The van der Waals surface area contributed by atoms with E-state index >= 15 is 0 Å². The van der Waals surface area contributed by atoms with Crippen molar-refractivity contribution in [3.63, 3.8) is 0 Å². The van der Waals surface area contributed by atoms with E-state index in [0.29, 0.717) is 0 Å². The molecule has 0 saturated carbocycles. The second-order valence-corrected chi connectivity index (χ2v) is 15.0. The summed E-state index contributed by atoms with van der Waals surface area (Å²) in [5.41, 5.74) is 9.64. The fourth-order valence-corrected chi connectivity index (χ4v) is 8.56. The number of aromatic nitrogens is 2. The zero-order valence-corrected chi connectivity index (χ0v) is 31.3. The zero-order chi connectivity index (χ0) is 33.1. The second kappa shape index (κ2) is 12.8. The minimum atomic E-state index is 0. The first-order chi connectivity index (χ1) is 23.9. The van der Waals surface area contributed by atoms with Crippen LogP contribution in [0.5, 0.6) is 0 Å². The van der Waals surface area contributed by atoms with Gasteiger partial charge in [0.05, 0.1) is 5.52 Å². The van der Waals surface area contributed by atoms with E-state index < -0.39 is 0 Å². The molecule has 6 aromatic carbocycles. The van der Waals surface area contributed by atoms with Crippen molar-refractivity contribution < 1.29 is 20.1 Å². The average molecular weight is 838 g/mol. The number of nitrogens with zero attached hydrogens (tertiary/aromatic N) is 2. The third-order valence-electron chi connectivity index (χ3n) is 9.30. The Morgan fingerprint density at radius 2 is 1.42 bits per heavy atom. The number of rotatable bonds is 3. The molecule has 2 nitrogen and oxygen atoms in total. The summed E-state index contributed by atoms with van der Waals surface area (Å²) < 4.78 is 5.19. The molecule has 0 saturated heterocycles. The summed E-state index contributed by atoms with van der Waals surface area (Å²) in [7, 11) is 0. The molecule has 10 rings (SSSR count). The Morgan fingerprint density at radius 3 is 2.24 bits per heavy atom. The Morgan fingerprint density at radius 1 is 0.640 bits per heavy atom. The second-order valence-electron chi connectivity index (χ2n) is 14.0. The van der Waals surface area contributed by atoms with Gasteiger partial charge in [-0.25, -0.2) is 11.1 Å². The Bertz CT molecular complexity index is 2730. The molecule has 50 heavy (non-hydrogen) atoms. The Kier molecular flexibility index (Phi) is 8.28. The fourth-order valence-electron chi connectivity index (χ4n) is 7.31. The number of pyridine rings is 1. The van der Waals surface area contributed by atoms with Crippen molar-refractivity contribution in [2.75, 3.05) is 0 Å². The van der Waals surface area contributed by atoms with Crippen LogP contribution in [0, 0.1) is 23.6 Å². The summed E-state index contributed by atoms with van der Waals surface area (Å²) in [6.45, 7) is 6.87. The van der Waals surface area contributed by atoms with Gasteiger partial charge in [0, 0.05) is 42.7 Å². The van der Waals surface area contributed by atoms with Crippen LogP contribution < -0.4 is 0 Å². The van der Waals surface area contributed by atoms with E-state index in [9.17, 15) is 0 Å². The number of hydrogen-bond donors (Lipinski definition) is 0. The van der Waals surface area contributed by atoms with Gasteiger partial charge in [0.2, 0.25) is 0 Å². The first-order valence-corrected chi connectivity index (χ1v) is 17.6. The summed E-state index contributed by atoms with van der Waals surface area (Å²) >= 11 is 1.91. The predicted octanol–water partition coefficient (Wildman–Crippen LogP) is 12.6. The van der Waals surface area contributed by atoms with Gasteiger partial charge in [-0.05, 0) is 46.6 Å². The smallest absolute Gasteiger partial charge is 0.350 e. The van der Waals surface area contributed by atoms with Gasteiger partial charge in [0.15, 0.2) is 0 Å². The molecule has 0 N–H and O–H groups in total. The van der Waals surface area contributed by atoms with Crippen LogP contribution in [-0.2, 0) is 26.5 Å². The summed E-state index contributed by atoms with van der Waals surface area (Å²) in [5.74, 6) is 0. The first kappa shape index (κ1) is 32.4. The van der Waals surface area contributed by atoms with Gasteiger partial charge < -0.3 is 9.38 Å². The van der Waals surface area contributed by atoms with Gasteiger partial charge in [-0.3, -0.25) is 0 Å². The molecule has 4 heteroatoms. The number of hydrogen-bond acceptors (Lipinski definition) is 2. The zero-order valence-electron chi connectivity index (χ0n) is 28.0. The molecule has 0 bridgehead atoms. The van der Waals surface area contributed by atoms with E-state index in [2.05, 4.69) is 133 Å². The fraction of sp³-hybridized carbons (Fsp3) is 0.109. The number of fused-ring (bicyclic) bond motifs is 10. The van der Waals surface area contributed by atoms with Gasteiger partial charge in [-0.15, -0.1) is 64.9 Å². The van der Waals surface area contributed by atoms with E-state index in [4.69, 9.17) is 0 Å². The summed E-state index contributed by atoms with van der Waals surface area (Å²) in [6.07, 6.45) is 2.83. The summed E-state index contributed by atoms with van der Waals surface area (Å²) in [6, 6.07) is 55.1. The van der Waals surface area contributed by atoms with E-state index in [-0.39, 0.29) is 25.5 Å². The van der Waals surface area contributed by atoms with Gasteiger partial charge in [-0.2, -0.15) is 30.3 Å². The number of para-hydroxylation sites is 1. The molecule has 0 amide bonds. The maximum absolute atomic E-state index is 4.22. The number of thiophene rings is 1. The third-order valence-corrected chi connectivity index (χ3v) is 10.5. The normalized spacial score (nSPS) is 11.8.